The fourth-order valence-electron chi connectivity index (χ4n) is 2.31. The Bertz CT molecular complexity index is 609. The van der Waals surface area contributed by atoms with E-state index in [0.29, 0.717) is 11.5 Å². The number of hydrogen-bond acceptors (Lipinski definition) is 2. The first-order valence-electron chi connectivity index (χ1n) is 7.23. The number of nitrogens with zero attached hydrogens (tertiary/aromatic N) is 1. The van der Waals surface area contributed by atoms with E-state index in [2.05, 4.69) is 23.2 Å². The average molecular weight is 282 g/mol. The van der Waals surface area contributed by atoms with E-state index in [1.165, 1.54) is 0 Å². The van der Waals surface area contributed by atoms with Gasteiger partial charge in [0.25, 0.3) is 5.91 Å². The number of carbonyl (C=O) groups is 1. The van der Waals surface area contributed by atoms with Crippen LogP contribution in [0.2, 0.25) is 0 Å². The molecule has 21 heavy (non-hydrogen) atoms. The molecule has 1 atom stereocenters. The van der Waals surface area contributed by atoms with E-state index in [1.807, 2.05) is 45.0 Å². The van der Waals surface area contributed by atoms with E-state index in [4.69, 9.17) is 0 Å². The van der Waals surface area contributed by atoms with Crippen LogP contribution in [0.15, 0.2) is 53.2 Å². The molecule has 110 valence electrons. The summed E-state index contributed by atoms with van der Waals surface area (Å²) in [6.45, 7) is 10.1. The van der Waals surface area contributed by atoms with Crippen LogP contribution in [-0.4, -0.2) is 11.6 Å². The fourth-order valence-corrected chi connectivity index (χ4v) is 2.31. The summed E-state index contributed by atoms with van der Waals surface area (Å²) in [6, 6.07) is 7.46. The quantitative estimate of drug-likeness (QED) is 0.660. The number of allylic oxidation sites excluding steroid dienone is 3. The molecule has 1 aliphatic rings. The first-order chi connectivity index (χ1) is 9.97. The van der Waals surface area contributed by atoms with E-state index < -0.39 is 0 Å². The van der Waals surface area contributed by atoms with E-state index in [9.17, 15) is 4.79 Å². The molecule has 0 heterocycles. The summed E-state index contributed by atoms with van der Waals surface area (Å²) in [6.07, 6.45) is 4.01. The lowest BCUT2D eigenvalue weighted by Crippen LogP contribution is -2.23. The molecule has 0 unspecified atom stereocenters. The zero-order valence-corrected chi connectivity index (χ0v) is 12.9. The molecule has 0 saturated carbocycles. The number of rotatable bonds is 3. The topological polar surface area (TPSA) is 41.5 Å². The van der Waals surface area contributed by atoms with Crippen molar-refractivity contribution in [1.29, 1.82) is 0 Å². The minimum absolute atomic E-state index is 0.173. The zero-order valence-electron chi connectivity index (χ0n) is 12.9. The SMILES string of the molecule is C=C(C)[C@@H]1CC=C(C)/C(=N/NC(=O)c2ccc(C)cc2)C1. The lowest BCUT2D eigenvalue weighted by Gasteiger charge is -2.22. The van der Waals surface area contributed by atoms with E-state index in [0.717, 1.165) is 35.3 Å². The Hall–Kier alpha value is -2.16. The number of hydrogen-bond donors (Lipinski definition) is 1. The van der Waals surface area contributed by atoms with Gasteiger partial charge in [0.2, 0.25) is 0 Å². The number of aryl methyl sites for hydroxylation is 1. The molecule has 0 saturated heterocycles. The van der Waals surface area contributed by atoms with Crippen molar-refractivity contribution < 1.29 is 4.79 Å². The lowest BCUT2D eigenvalue weighted by molar-refractivity contribution is 0.0954. The van der Waals surface area contributed by atoms with Crippen molar-refractivity contribution in [2.75, 3.05) is 0 Å². The molecule has 1 aromatic rings. The van der Waals surface area contributed by atoms with Crippen LogP contribution >= 0.6 is 0 Å². The van der Waals surface area contributed by atoms with Crippen molar-refractivity contribution >= 4 is 11.6 Å². The van der Waals surface area contributed by atoms with Gasteiger partial charge in [-0.3, -0.25) is 4.79 Å². The summed E-state index contributed by atoms with van der Waals surface area (Å²) < 4.78 is 0. The number of carbonyl (C=O) groups excluding carboxylic acids is 1. The molecule has 1 amide bonds. The maximum atomic E-state index is 12.1. The van der Waals surface area contributed by atoms with Crippen LogP contribution in [0.3, 0.4) is 0 Å². The smallest absolute Gasteiger partial charge is 0.267 e. The lowest BCUT2D eigenvalue weighted by atomic mass is 9.85. The summed E-state index contributed by atoms with van der Waals surface area (Å²) >= 11 is 0. The predicted molar refractivity (Wildman–Crippen MR) is 87.4 cm³/mol. The molecular weight excluding hydrogens is 260 g/mol. The van der Waals surface area contributed by atoms with Crippen molar-refractivity contribution in [3.8, 4) is 0 Å². The third-order valence-electron chi connectivity index (χ3n) is 3.91. The number of nitrogens with one attached hydrogen (secondary N) is 1. The van der Waals surface area contributed by atoms with Gasteiger partial charge in [-0.1, -0.05) is 35.9 Å². The fraction of sp³-hybridized carbons (Fsp3) is 0.333. The van der Waals surface area contributed by atoms with Gasteiger partial charge >= 0.3 is 0 Å². The van der Waals surface area contributed by atoms with Crippen LogP contribution in [0.1, 0.15) is 42.6 Å². The number of hydrazone groups is 1. The van der Waals surface area contributed by atoms with Gasteiger partial charge in [0.1, 0.15) is 0 Å². The maximum absolute atomic E-state index is 12.1. The highest BCUT2D eigenvalue weighted by Crippen LogP contribution is 2.26. The second-order valence-corrected chi connectivity index (χ2v) is 5.74. The molecule has 0 bridgehead atoms. The van der Waals surface area contributed by atoms with Crippen molar-refractivity contribution in [3.63, 3.8) is 0 Å². The molecule has 3 heteroatoms. The summed E-state index contributed by atoms with van der Waals surface area (Å²) in [5.74, 6) is 0.247. The van der Waals surface area contributed by atoms with Gasteiger partial charge in [0, 0.05) is 5.56 Å². The molecule has 1 aliphatic carbocycles. The Balaban J connectivity index is 2.07. The number of benzene rings is 1. The molecule has 1 N–H and O–H groups in total. The molecule has 0 spiro atoms. The molecule has 0 fully saturated rings. The molecule has 2 rings (SSSR count). The molecule has 0 aliphatic heterocycles. The first-order valence-corrected chi connectivity index (χ1v) is 7.23. The predicted octanol–water partition coefficient (Wildman–Crippen LogP) is 4.01. The zero-order chi connectivity index (χ0) is 15.4. The Kier molecular flexibility index (Phi) is 4.73. The van der Waals surface area contributed by atoms with Crippen molar-refractivity contribution in [1.82, 2.24) is 5.43 Å². The van der Waals surface area contributed by atoms with Gasteiger partial charge in [-0.05, 0) is 57.2 Å². The van der Waals surface area contributed by atoms with Crippen LogP contribution in [0.25, 0.3) is 0 Å². The highest BCUT2D eigenvalue weighted by Gasteiger charge is 2.18. The highest BCUT2D eigenvalue weighted by molar-refractivity contribution is 6.02. The summed E-state index contributed by atoms with van der Waals surface area (Å²) in [7, 11) is 0. The summed E-state index contributed by atoms with van der Waals surface area (Å²) in [4.78, 5) is 12.1. The Labute approximate surface area is 126 Å². The van der Waals surface area contributed by atoms with Crippen molar-refractivity contribution in [2.45, 2.75) is 33.6 Å². The van der Waals surface area contributed by atoms with Gasteiger partial charge < -0.3 is 0 Å². The van der Waals surface area contributed by atoms with Gasteiger partial charge in [0.15, 0.2) is 0 Å². The van der Waals surface area contributed by atoms with Crippen LogP contribution < -0.4 is 5.43 Å². The first kappa shape index (κ1) is 15.2. The van der Waals surface area contributed by atoms with E-state index >= 15 is 0 Å². The summed E-state index contributed by atoms with van der Waals surface area (Å²) in [5.41, 5.74) is 7.65. The van der Waals surface area contributed by atoms with Crippen molar-refractivity contribution in [3.05, 3.63) is 59.2 Å². The third kappa shape index (κ3) is 3.91. The summed E-state index contributed by atoms with van der Waals surface area (Å²) in [5, 5.41) is 4.30. The van der Waals surface area contributed by atoms with Crippen molar-refractivity contribution in [2.24, 2.45) is 11.0 Å². The van der Waals surface area contributed by atoms with Crippen LogP contribution in [0.4, 0.5) is 0 Å². The second kappa shape index (κ2) is 6.53. The van der Waals surface area contributed by atoms with Crippen LogP contribution in [0.5, 0.6) is 0 Å². The minimum Gasteiger partial charge on any atom is -0.267 e. The Morgan fingerprint density at radius 1 is 1.29 bits per heavy atom. The Morgan fingerprint density at radius 2 is 1.95 bits per heavy atom. The Morgan fingerprint density at radius 3 is 2.57 bits per heavy atom. The van der Waals surface area contributed by atoms with Gasteiger partial charge in [-0.15, -0.1) is 0 Å². The molecule has 3 nitrogen and oxygen atoms in total. The average Bonchev–Trinajstić information content (AvgIpc) is 2.46. The maximum Gasteiger partial charge on any atom is 0.271 e. The van der Waals surface area contributed by atoms with Gasteiger partial charge in [-0.2, -0.15) is 5.10 Å². The van der Waals surface area contributed by atoms with Crippen LogP contribution in [-0.2, 0) is 0 Å². The monoisotopic (exact) mass is 282 g/mol. The van der Waals surface area contributed by atoms with Gasteiger partial charge in [0.05, 0.1) is 5.71 Å². The minimum atomic E-state index is -0.173. The van der Waals surface area contributed by atoms with E-state index in [1.54, 1.807) is 0 Å². The molecular formula is C18H22N2O. The van der Waals surface area contributed by atoms with Gasteiger partial charge in [-0.25, -0.2) is 5.43 Å². The standard InChI is InChI=1S/C18H22N2O/c1-12(2)16-10-7-14(4)17(11-16)19-20-18(21)15-8-5-13(3)6-9-15/h5-9,16H,1,10-11H2,2-4H3,(H,20,21)/b19-17+/t16-/m1/s1. The van der Waals surface area contributed by atoms with Crippen LogP contribution in [0, 0.1) is 12.8 Å². The van der Waals surface area contributed by atoms with E-state index in [-0.39, 0.29) is 5.91 Å². The molecule has 1 aromatic carbocycles. The third-order valence-corrected chi connectivity index (χ3v) is 3.91. The molecule has 0 aromatic heterocycles. The normalized spacial score (nSPS) is 20.0. The highest BCUT2D eigenvalue weighted by atomic mass is 16.2. The number of amides is 1. The second-order valence-electron chi connectivity index (χ2n) is 5.74. The largest absolute Gasteiger partial charge is 0.271 e. The molecule has 0 radical (unpaired) electrons.